The van der Waals surface area contributed by atoms with E-state index in [1.807, 2.05) is 13.8 Å². The third-order valence-corrected chi connectivity index (χ3v) is 3.30. The number of carbonyl (C=O) groups excluding carboxylic acids is 2. The largest absolute Gasteiger partial charge is 0.466 e. The van der Waals surface area contributed by atoms with Crippen molar-refractivity contribution in [2.24, 2.45) is 5.92 Å². The van der Waals surface area contributed by atoms with Gasteiger partial charge in [0.25, 0.3) is 10.1 Å². The molecule has 0 saturated heterocycles. The van der Waals surface area contributed by atoms with Gasteiger partial charge in [-0.15, -0.1) is 0 Å². The van der Waals surface area contributed by atoms with Crippen LogP contribution < -0.4 is 5.32 Å². The van der Waals surface area contributed by atoms with Gasteiger partial charge >= 0.3 is 12.1 Å². The first kappa shape index (κ1) is 23.4. The van der Waals surface area contributed by atoms with Crippen molar-refractivity contribution >= 4 is 22.2 Å². The van der Waals surface area contributed by atoms with Crippen molar-refractivity contribution in [1.29, 1.82) is 0 Å². The molecule has 0 fully saturated rings. The average molecular weight is 379 g/mol. The van der Waals surface area contributed by atoms with Gasteiger partial charge in [-0.3, -0.25) is 4.18 Å². The number of methoxy groups -OCH3 is 1. The molecule has 9 heteroatoms. The summed E-state index contributed by atoms with van der Waals surface area (Å²) < 4.78 is 37.8. The first-order valence-electron chi connectivity index (χ1n) is 7.87. The SMILES string of the molecule is COC(=O)/C=C/[C@@H](OS(C)(=O)=O)[C@H](CC(C)C)NC(=O)OC(C)(C)C. The van der Waals surface area contributed by atoms with Gasteiger partial charge in [0.05, 0.1) is 19.4 Å². The summed E-state index contributed by atoms with van der Waals surface area (Å²) in [5.74, 6) is -0.542. The minimum Gasteiger partial charge on any atom is -0.466 e. The Morgan fingerprint density at radius 2 is 1.76 bits per heavy atom. The lowest BCUT2D eigenvalue weighted by Crippen LogP contribution is -2.47. The van der Waals surface area contributed by atoms with Gasteiger partial charge in [-0.2, -0.15) is 8.42 Å². The molecular weight excluding hydrogens is 350 g/mol. The van der Waals surface area contributed by atoms with Crippen molar-refractivity contribution in [1.82, 2.24) is 5.32 Å². The number of hydrogen-bond donors (Lipinski definition) is 1. The molecule has 0 rings (SSSR count). The van der Waals surface area contributed by atoms with E-state index in [0.29, 0.717) is 6.42 Å². The van der Waals surface area contributed by atoms with Crippen molar-refractivity contribution < 1.29 is 31.7 Å². The molecule has 0 aliphatic heterocycles. The number of carbonyl (C=O) groups is 2. The minimum atomic E-state index is -3.83. The van der Waals surface area contributed by atoms with Gasteiger partial charge in [-0.1, -0.05) is 13.8 Å². The maximum Gasteiger partial charge on any atom is 0.407 e. The van der Waals surface area contributed by atoms with Gasteiger partial charge in [0.2, 0.25) is 0 Å². The third-order valence-electron chi connectivity index (χ3n) is 2.73. The monoisotopic (exact) mass is 379 g/mol. The van der Waals surface area contributed by atoms with Gasteiger partial charge in [0, 0.05) is 6.08 Å². The van der Waals surface area contributed by atoms with Crippen molar-refractivity contribution in [2.45, 2.75) is 58.8 Å². The minimum absolute atomic E-state index is 0.122. The average Bonchev–Trinajstić information content (AvgIpc) is 2.38. The Hall–Kier alpha value is -1.61. The number of esters is 1. The number of rotatable bonds is 8. The highest BCUT2D eigenvalue weighted by molar-refractivity contribution is 7.86. The van der Waals surface area contributed by atoms with Crippen LogP contribution >= 0.6 is 0 Å². The first-order chi connectivity index (χ1) is 11.2. The fraction of sp³-hybridized carbons (Fsp3) is 0.750. The summed E-state index contributed by atoms with van der Waals surface area (Å²) in [6.45, 7) is 8.96. The maximum atomic E-state index is 12.1. The molecule has 146 valence electrons. The smallest absolute Gasteiger partial charge is 0.407 e. The molecule has 0 saturated carbocycles. The van der Waals surface area contributed by atoms with Crippen molar-refractivity contribution in [3.63, 3.8) is 0 Å². The zero-order valence-electron chi connectivity index (χ0n) is 15.9. The zero-order valence-corrected chi connectivity index (χ0v) is 16.7. The number of nitrogens with one attached hydrogen (secondary N) is 1. The normalized spacial score (nSPS) is 15.0. The molecule has 8 nitrogen and oxygen atoms in total. The van der Waals surface area contributed by atoms with E-state index >= 15 is 0 Å². The Kier molecular flexibility index (Phi) is 9.14. The van der Waals surface area contributed by atoms with Gasteiger partial charge in [0.15, 0.2) is 0 Å². The standard InChI is InChI=1S/C16H29NO7S/c1-11(2)10-12(17-15(19)23-16(3,4)5)13(24-25(7,20)21)8-9-14(18)22-6/h8-9,11-13H,10H2,1-7H3,(H,17,19)/b9-8+/t12-,13+/m0/s1. The molecule has 0 heterocycles. The van der Waals surface area contributed by atoms with Crippen LogP contribution in [0.3, 0.4) is 0 Å². The van der Waals surface area contributed by atoms with E-state index in [9.17, 15) is 18.0 Å². The fourth-order valence-corrected chi connectivity index (χ4v) is 2.52. The summed E-state index contributed by atoms with van der Waals surface area (Å²) in [6.07, 6.45) is 1.82. The molecule has 0 unspecified atom stereocenters. The highest BCUT2D eigenvalue weighted by atomic mass is 32.2. The highest BCUT2D eigenvalue weighted by Crippen LogP contribution is 2.16. The predicted octanol–water partition coefficient (Wildman–Crippen LogP) is 2.00. The van der Waals surface area contributed by atoms with E-state index in [-0.39, 0.29) is 5.92 Å². The van der Waals surface area contributed by atoms with Crippen molar-refractivity contribution in [2.75, 3.05) is 13.4 Å². The van der Waals surface area contributed by atoms with E-state index in [2.05, 4.69) is 10.1 Å². The second kappa shape index (κ2) is 9.76. The van der Waals surface area contributed by atoms with E-state index in [1.54, 1.807) is 20.8 Å². The second-order valence-electron chi connectivity index (χ2n) is 7.03. The summed E-state index contributed by atoms with van der Waals surface area (Å²) in [5, 5.41) is 2.62. The van der Waals surface area contributed by atoms with Crippen LogP contribution in [0.5, 0.6) is 0 Å². The van der Waals surface area contributed by atoms with Crippen LogP contribution in [0.25, 0.3) is 0 Å². The number of hydrogen-bond acceptors (Lipinski definition) is 7. The topological polar surface area (TPSA) is 108 Å². The van der Waals surface area contributed by atoms with Crippen LogP contribution in [0.2, 0.25) is 0 Å². The third kappa shape index (κ3) is 12.4. The molecule has 25 heavy (non-hydrogen) atoms. The van der Waals surface area contributed by atoms with Crippen LogP contribution in [-0.4, -0.2) is 51.6 Å². The lowest BCUT2D eigenvalue weighted by atomic mass is 9.99. The van der Waals surface area contributed by atoms with Crippen LogP contribution in [0.15, 0.2) is 12.2 Å². The fourth-order valence-electron chi connectivity index (χ4n) is 1.92. The van der Waals surface area contributed by atoms with Crippen LogP contribution in [0.1, 0.15) is 41.0 Å². The van der Waals surface area contributed by atoms with E-state index < -0.39 is 39.9 Å². The summed E-state index contributed by atoms with van der Waals surface area (Å²) in [4.78, 5) is 23.4. The zero-order chi connectivity index (χ0) is 19.8. The Balaban J connectivity index is 5.48. The first-order valence-corrected chi connectivity index (χ1v) is 9.69. The summed E-state index contributed by atoms with van der Waals surface area (Å²) in [7, 11) is -2.63. The lowest BCUT2D eigenvalue weighted by Gasteiger charge is -2.28. The Morgan fingerprint density at radius 3 is 2.16 bits per heavy atom. The quantitative estimate of drug-likeness (QED) is 0.390. The van der Waals surface area contributed by atoms with Crippen LogP contribution in [-0.2, 0) is 28.6 Å². The number of ether oxygens (including phenoxy) is 2. The van der Waals surface area contributed by atoms with Crippen LogP contribution in [0, 0.1) is 5.92 Å². The summed E-state index contributed by atoms with van der Waals surface area (Å²) in [6, 6.07) is -0.717. The molecule has 0 radical (unpaired) electrons. The molecule has 0 bridgehead atoms. The van der Waals surface area contributed by atoms with E-state index in [0.717, 1.165) is 12.3 Å². The van der Waals surface area contributed by atoms with Gasteiger partial charge in [-0.05, 0) is 39.2 Å². The van der Waals surface area contributed by atoms with Gasteiger partial charge < -0.3 is 14.8 Å². The Labute approximate surface area is 150 Å². The van der Waals surface area contributed by atoms with Crippen molar-refractivity contribution in [3.8, 4) is 0 Å². The predicted molar refractivity (Wildman–Crippen MR) is 93.5 cm³/mol. The Bertz CT molecular complexity index is 576. The molecular formula is C16H29NO7S. The molecule has 0 aromatic rings. The van der Waals surface area contributed by atoms with E-state index in [1.165, 1.54) is 13.2 Å². The molecule has 0 aliphatic rings. The van der Waals surface area contributed by atoms with Gasteiger partial charge in [0.1, 0.15) is 11.7 Å². The molecule has 1 N–H and O–H groups in total. The maximum absolute atomic E-state index is 12.1. The molecule has 2 atom stereocenters. The highest BCUT2D eigenvalue weighted by Gasteiger charge is 2.28. The van der Waals surface area contributed by atoms with E-state index in [4.69, 9.17) is 8.92 Å². The second-order valence-corrected chi connectivity index (χ2v) is 8.63. The van der Waals surface area contributed by atoms with Crippen LogP contribution in [0.4, 0.5) is 4.79 Å². The summed E-state index contributed by atoms with van der Waals surface area (Å²) >= 11 is 0. The van der Waals surface area contributed by atoms with Crippen molar-refractivity contribution in [3.05, 3.63) is 12.2 Å². The molecule has 0 aromatic carbocycles. The lowest BCUT2D eigenvalue weighted by molar-refractivity contribution is -0.134. The molecule has 0 aliphatic carbocycles. The Morgan fingerprint density at radius 1 is 1.20 bits per heavy atom. The number of alkyl carbamates (subject to hydrolysis) is 1. The summed E-state index contributed by atoms with van der Waals surface area (Å²) in [5.41, 5.74) is -0.707. The van der Waals surface area contributed by atoms with Gasteiger partial charge in [-0.25, -0.2) is 9.59 Å². The number of amides is 1. The molecule has 0 spiro atoms. The molecule has 1 amide bonds. The molecule has 0 aromatic heterocycles.